The molecule has 0 bridgehead atoms. The Morgan fingerprint density at radius 2 is 1.77 bits per heavy atom. The Labute approximate surface area is 129 Å². The first-order chi connectivity index (χ1) is 10.8. The van der Waals surface area contributed by atoms with Crippen molar-refractivity contribution in [2.45, 2.75) is 6.10 Å². The van der Waals surface area contributed by atoms with Gasteiger partial charge in [0.2, 0.25) is 5.91 Å². The lowest BCUT2D eigenvalue weighted by Crippen LogP contribution is -2.41. The van der Waals surface area contributed by atoms with Crippen LogP contribution in [0.2, 0.25) is 0 Å². The van der Waals surface area contributed by atoms with Gasteiger partial charge in [0.15, 0.2) is 11.5 Å². The molecule has 1 unspecified atom stereocenters. The average Bonchev–Trinajstić information content (AvgIpc) is 2.55. The Kier molecular flexibility index (Phi) is 4.56. The molecule has 1 atom stereocenters. The van der Waals surface area contributed by atoms with Gasteiger partial charge in [-0.15, -0.1) is 0 Å². The van der Waals surface area contributed by atoms with Gasteiger partial charge in [-0.1, -0.05) is 30.3 Å². The number of ether oxygens (including phenoxy) is 2. The number of benzene rings is 2. The molecule has 0 aromatic heterocycles. The predicted molar refractivity (Wildman–Crippen MR) is 84.3 cm³/mol. The zero-order chi connectivity index (χ0) is 15.2. The second-order valence-electron chi connectivity index (χ2n) is 5.04. The summed E-state index contributed by atoms with van der Waals surface area (Å²) >= 11 is 0. The number of hydrogen-bond donors (Lipinski definition) is 2. The maximum absolute atomic E-state index is 11.8. The molecule has 0 fully saturated rings. The molecule has 2 N–H and O–H groups in total. The zero-order valence-corrected chi connectivity index (χ0v) is 12.1. The van der Waals surface area contributed by atoms with Crippen LogP contribution in [-0.4, -0.2) is 31.7 Å². The van der Waals surface area contributed by atoms with Gasteiger partial charge in [-0.2, -0.15) is 0 Å². The van der Waals surface area contributed by atoms with Gasteiger partial charge in [-0.3, -0.25) is 4.79 Å². The van der Waals surface area contributed by atoms with Crippen molar-refractivity contribution in [1.29, 1.82) is 0 Å². The van der Waals surface area contributed by atoms with E-state index in [2.05, 4.69) is 10.6 Å². The molecule has 1 aliphatic heterocycles. The molecular formula is C17H18N2O3. The number of rotatable bonds is 5. The van der Waals surface area contributed by atoms with Crippen LogP contribution in [0.4, 0.5) is 5.69 Å². The fourth-order valence-electron chi connectivity index (χ4n) is 2.24. The highest BCUT2D eigenvalue weighted by molar-refractivity contribution is 5.92. The minimum atomic E-state index is -0.0978. The minimum absolute atomic E-state index is 0.0803. The summed E-state index contributed by atoms with van der Waals surface area (Å²) in [6.45, 7) is 1.26. The highest BCUT2D eigenvalue weighted by atomic mass is 16.6. The van der Waals surface area contributed by atoms with Gasteiger partial charge in [-0.25, -0.2) is 0 Å². The third-order valence-electron chi connectivity index (χ3n) is 3.28. The van der Waals surface area contributed by atoms with Crippen molar-refractivity contribution in [2.24, 2.45) is 0 Å². The molecule has 2 aromatic rings. The van der Waals surface area contributed by atoms with Crippen LogP contribution in [0.5, 0.6) is 11.5 Å². The Morgan fingerprint density at radius 3 is 2.59 bits per heavy atom. The lowest BCUT2D eigenvalue weighted by Gasteiger charge is -2.26. The zero-order valence-electron chi connectivity index (χ0n) is 12.1. The molecule has 1 amide bonds. The number of amides is 1. The van der Waals surface area contributed by atoms with Crippen LogP contribution < -0.4 is 20.1 Å². The fraction of sp³-hybridized carbons (Fsp3) is 0.235. The number of carbonyl (C=O) groups is 1. The number of carbonyl (C=O) groups excluding carboxylic acids is 1. The molecule has 5 heteroatoms. The second kappa shape index (κ2) is 6.95. The van der Waals surface area contributed by atoms with Gasteiger partial charge in [0, 0.05) is 12.2 Å². The highest BCUT2D eigenvalue weighted by Crippen LogP contribution is 2.30. The van der Waals surface area contributed by atoms with Crippen molar-refractivity contribution in [3.63, 3.8) is 0 Å². The SMILES string of the molecule is O=C(CNCC1COc2ccccc2O1)Nc1ccccc1. The summed E-state index contributed by atoms with van der Waals surface area (Å²) in [5, 5.41) is 5.91. The van der Waals surface area contributed by atoms with E-state index in [0.29, 0.717) is 13.2 Å². The van der Waals surface area contributed by atoms with Crippen molar-refractivity contribution in [2.75, 3.05) is 25.0 Å². The molecule has 0 spiro atoms. The molecule has 0 saturated heterocycles. The molecule has 5 nitrogen and oxygen atoms in total. The Bertz CT molecular complexity index is 631. The van der Waals surface area contributed by atoms with E-state index in [1.165, 1.54) is 0 Å². The summed E-state index contributed by atoms with van der Waals surface area (Å²) in [6, 6.07) is 17.0. The van der Waals surface area contributed by atoms with Gasteiger partial charge in [0.1, 0.15) is 12.7 Å². The minimum Gasteiger partial charge on any atom is -0.486 e. The van der Waals surface area contributed by atoms with Crippen LogP contribution in [-0.2, 0) is 4.79 Å². The maximum atomic E-state index is 11.8. The van der Waals surface area contributed by atoms with Gasteiger partial charge < -0.3 is 20.1 Å². The lowest BCUT2D eigenvalue weighted by molar-refractivity contribution is -0.115. The molecule has 0 radical (unpaired) electrons. The van der Waals surface area contributed by atoms with Crippen LogP contribution in [0.25, 0.3) is 0 Å². The monoisotopic (exact) mass is 298 g/mol. The molecule has 22 heavy (non-hydrogen) atoms. The van der Waals surface area contributed by atoms with Gasteiger partial charge >= 0.3 is 0 Å². The first kappa shape index (κ1) is 14.4. The first-order valence-corrected chi connectivity index (χ1v) is 7.25. The number of anilines is 1. The molecule has 1 aliphatic rings. The first-order valence-electron chi connectivity index (χ1n) is 7.25. The summed E-state index contributed by atoms with van der Waals surface area (Å²) in [5.74, 6) is 1.43. The Morgan fingerprint density at radius 1 is 1.05 bits per heavy atom. The van der Waals surface area contributed by atoms with E-state index in [0.717, 1.165) is 17.2 Å². The standard InChI is InChI=1S/C17H18N2O3/c20-17(19-13-6-2-1-3-7-13)11-18-10-14-12-21-15-8-4-5-9-16(15)22-14/h1-9,14,18H,10-12H2,(H,19,20). The molecule has 0 saturated carbocycles. The normalized spacial score (nSPS) is 16.1. The summed E-state index contributed by atoms with van der Waals surface area (Å²) in [6.07, 6.45) is -0.0978. The number of para-hydroxylation sites is 3. The smallest absolute Gasteiger partial charge is 0.238 e. The van der Waals surface area contributed by atoms with Gasteiger partial charge in [0.25, 0.3) is 0 Å². The van der Waals surface area contributed by atoms with Crippen LogP contribution in [0.1, 0.15) is 0 Å². The predicted octanol–water partition coefficient (Wildman–Crippen LogP) is 2.05. The Hall–Kier alpha value is -2.53. The van der Waals surface area contributed by atoms with Crippen LogP contribution in [0.3, 0.4) is 0 Å². The molecule has 2 aromatic carbocycles. The number of nitrogens with one attached hydrogen (secondary N) is 2. The molecule has 0 aliphatic carbocycles. The Balaban J connectivity index is 1.41. The van der Waals surface area contributed by atoms with E-state index >= 15 is 0 Å². The van der Waals surface area contributed by atoms with E-state index in [4.69, 9.17) is 9.47 Å². The second-order valence-corrected chi connectivity index (χ2v) is 5.04. The summed E-state index contributed by atoms with van der Waals surface area (Å²) in [5.41, 5.74) is 0.792. The van der Waals surface area contributed by atoms with E-state index in [1.807, 2.05) is 54.6 Å². The quantitative estimate of drug-likeness (QED) is 0.887. The topological polar surface area (TPSA) is 59.6 Å². The molecule has 114 valence electrons. The summed E-state index contributed by atoms with van der Waals surface area (Å²) in [7, 11) is 0. The average molecular weight is 298 g/mol. The van der Waals surface area contributed by atoms with Crippen LogP contribution in [0.15, 0.2) is 54.6 Å². The number of fused-ring (bicyclic) bond motifs is 1. The van der Waals surface area contributed by atoms with Crippen molar-refractivity contribution >= 4 is 11.6 Å². The molecule has 1 heterocycles. The summed E-state index contributed by atoms with van der Waals surface area (Å²) in [4.78, 5) is 11.8. The van der Waals surface area contributed by atoms with Crippen molar-refractivity contribution in [3.05, 3.63) is 54.6 Å². The van der Waals surface area contributed by atoms with Gasteiger partial charge in [0.05, 0.1) is 6.54 Å². The third-order valence-corrected chi connectivity index (χ3v) is 3.28. The third kappa shape index (κ3) is 3.77. The fourth-order valence-corrected chi connectivity index (χ4v) is 2.24. The van der Waals surface area contributed by atoms with Gasteiger partial charge in [-0.05, 0) is 24.3 Å². The van der Waals surface area contributed by atoms with Crippen LogP contribution >= 0.6 is 0 Å². The largest absolute Gasteiger partial charge is 0.486 e. The van der Waals surface area contributed by atoms with E-state index < -0.39 is 0 Å². The highest BCUT2D eigenvalue weighted by Gasteiger charge is 2.20. The maximum Gasteiger partial charge on any atom is 0.238 e. The summed E-state index contributed by atoms with van der Waals surface area (Å²) < 4.78 is 11.4. The van der Waals surface area contributed by atoms with Crippen LogP contribution in [0, 0.1) is 0 Å². The lowest BCUT2D eigenvalue weighted by atomic mass is 10.2. The van der Waals surface area contributed by atoms with Crippen molar-refractivity contribution in [3.8, 4) is 11.5 Å². The number of hydrogen-bond acceptors (Lipinski definition) is 4. The van der Waals surface area contributed by atoms with Crippen molar-refractivity contribution in [1.82, 2.24) is 5.32 Å². The molecule has 3 rings (SSSR count). The van der Waals surface area contributed by atoms with E-state index in [1.54, 1.807) is 0 Å². The van der Waals surface area contributed by atoms with Crippen molar-refractivity contribution < 1.29 is 14.3 Å². The molecular weight excluding hydrogens is 280 g/mol. The van der Waals surface area contributed by atoms with E-state index in [9.17, 15) is 4.79 Å². The van der Waals surface area contributed by atoms with E-state index in [-0.39, 0.29) is 18.6 Å².